The lowest BCUT2D eigenvalue weighted by molar-refractivity contribution is -0.142. The molecular formula is C34H32FN3O6. The minimum Gasteiger partial charge on any atom is -0.505 e. The summed E-state index contributed by atoms with van der Waals surface area (Å²) in [6.45, 7) is 3.48. The Morgan fingerprint density at radius 2 is 1.93 bits per heavy atom. The first-order valence-electron chi connectivity index (χ1n) is 14.2. The highest BCUT2D eigenvalue weighted by atomic mass is 19.1. The van der Waals surface area contributed by atoms with E-state index in [0.29, 0.717) is 52.2 Å². The Bertz CT molecular complexity index is 1740. The van der Waals surface area contributed by atoms with Gasteiger partial charge in [0.15, 0.2) is 11.6 Å². The first-order valence-corrected chi connectivity index (χ1v) is 14.2. The van der Waals surface area contributed by atoms with E-state index in [1.807, 2.05) is 31.2 Å². The van der Waals surface area contributed by atoms with Gasteiger partial charge in [0.05, 0.1) is 11.7 Å². The van der Waals surface area contributed by atoms with Gasteiger partial charge in [0.1, 0.15) is 36.3 Å². The number of nitrogens with zero attached hydrogens (tertiary/aromatic N) is 2. The van der Waals surface area contributed by atoms with Crippen LogP contribution in [0.5, 0.6) is 17.2 Å². The Labute approximate surface area is 254 Å². The number of fused-ring (bicyclic) bond motifs is 1. The van der Waals surface area contributed by atoms with E-state index in [9.17, 15) is 29.8 Å². The third-order valence-corrected chi connectivity index (χ3v) is 7.69. The van der Waals surface area contributed by atoms with E-state index < -0.39 is 29.7 Å². The molecule has 1 aliphatic carbocycles. The molecule has 1 heterocycles. The number of hydrogen-bond acceptors (Lipinski definition) is 8. The van der Waals surface area contributed by atoms with Crippen molar-refractivity contribution in [2.75, 3.05) is 0 Å². The molecule has 1 unspecified atom stereocenters. The molecule has 5 rings (SSSR count). The number of aryl methyl sites for hydroxylation is 1. The monoisotopic (exact) mass is 597 g/mol. The number of benzene rings is 3. The van der Waals surface area contributed by atoms with Crippen LogP contribution in [0.3, 0.4) is 0 Å². The zero-order valence-corrected chi connectivity index (χ0v) is 24.3. The molecule has 0 fully saturated rings. The number of aliphatic hydroxyl groups excluding tert-OH is 1. The molecule has 0 bridgehead atoms. The van der Waals surface area contributed by atoms with Crippen LogP contribution >= 0.6 is 0 Å². The van der Waals surface area contributed by atoms with Crippen molar-refractivity contribution >= 4 is 5.97 Å². The van der Waals surface area contributed by atoms with Gasteiger partial charge in [0.25, 0.3) is 0 Å². The molecule has 1 aromatic heterocycles. The van der Waals surface area contributed by atoms with E-state index in [-0.39, 0.29) is 19.3 Å². The van der Waals surface area contributed by atoms with Gasteiger partial charge < -0.3 is 24.8 Å². The number of aliphatic carboxylic acids is 1. The number of aromatic hydroxyl groups is 1. The third kappa shape index (κ3) is 6.49. The fourth-order valence-corrected chi connectivity index (χ4v) is 5.47. The van der Waals surface area contributed by atoms with E-state index >= 15 is 0 Å². The van der Waals surface area contributed by atoms with Crippen molar-refractivity contribution < 1.29 is 34.0 Å². The first-order chi connectivity index (χ1) is 21.2. The number of carbonyl (C=O) groups is 1. The van der Waals surface area contributed by atoms with E-state index in [1.54, 1.807) is 30.5 Å². The Morgan fingerprint density at radius 3 is 2.68 bits per heavy atom. The predicted octanol–water partition coefficient (Wildman–Crippen LogP) is 5.34. The summed E-state index contributed by atoms with van der Waals surface area (Å²) < 4.78 is 27.5. The van der Waals surface area contributed by atoms with Crippen LogP contribution in [0.4, 0.5) is 4.39 Å². The summed E-state index contributed by atoms with van der Waals surface area (Å²) in [5, 5.41) is 41.5. The average molecular weight is 598 g/mol. The Balaban J connectivity index is 1.44. The predicted molar refractivity (Wildman–Crippen MR) is 160 cm³/mol. The number of nitriles is 1. The number of nitrogens with one attached hydrogen (secondary N) is 1. The lowest BCUT2D eigenvalue weighted by Crippen LogP contribution is -2.44. The normalized spacial score (nSPS) is 15.2. The van der Waals surface area contributed by atoms with Crippen molar-refractivity contribution in [3.05, 3.63) is 106 Å². The number of halogens is 1. The van der Waals surface area contributed by atoms with Crippen molar-refractivity contribution in [2.24, 2.45) is 0 Å². The van der Waals surface area contributed by atoms with E-state index in [2.05, 4.69) is 16.4 Å². The van der Waals surface area contributed by atoms with Crippen LogP contribution in [0, 0.1) is 24.1 Å². The lowest BCUT2D eigenvalue weighted by atomic mass is 9.96. The molecule has 0 saturated heterocycles. The Kier molecular flexibility index (Phi) is 9.09. The van der Waals surface area contributed by atoms with Crippen molar-refractivity contribution in [3.8, 4) is 34.4 Å². The highest BCUT2D eigenvalue weighted by molar-refractivity contribution is 5.74. The fraction of sp³-hybridized carbons (Fsp3) is 0.265. The number of phenols is 1. The Morgan fingerprint density at radius 1 is 1.16 bits per heavy atom. The van der Waals surface area contributed by atoms with Gasteiger partial charge in [0, 0.05) is 41.7 Å². The van der Waals surface area contributed by atoms with Crippen LogP contribution in [0.2, 0.25) is 0 Å². The summed E-state index contributed by atoms with van der Waals surface area (Å²) in [6.07, 6.45) is 2.94. The lowest BCUT2D eigenvalue weighted by Gasteiger charge is -2.22. The number of hydrogen-bond donors (Lipinski definition) is 4. The minimum absolute atomic E-state index is 0.0971. The number of carboxylic acids is 1. The standard InChI is InChI=1S/C34H32FN3O6/c1-19-11-23(17-38-33(20(2)39)34(41)42)31(43-18-22-12-21(14-36)15-37-16-22)13-30(19)44-29-10-9-25-24(5-3-6-26(25)29)27-7-4-8-28(40)32(27)35/h3-8,11-13,15-16,20,29,33,38-40H,9-10,17-18H2,1-2H3,(H,41,42)/t20?,29-,33-/m0/s1. The summed E-state index contributed by atoms with van der Waals surface area (Å²) in [7, 11) is 0. The van der Waals surface area contributed by atoms with E-state index in [0.717, 1.165) is 16.7 Å². The number of phenolic OH excluding ortho intramolecular Hbond substituents is 1. The summed E-state index contributed by atoms with van der Waals surface area (Å²) >= 11 is 0. The molecule has 4 aromatic rings. The molecule has 0 saturated carbocycles. The number of pyridine rings is 1. The van der Waals surface area contributed by atoms with Crippen molar-refractivity contribution in [1.29, 1.82) is 5.26 Å². The second-order valence-corrected chi connectivity index (χ2v) is 10.8. The first kappa shape index (κ1) is 30.5. The molecule has 3 aromatic carbocycles. The van der Waals surface area contributed by atoms with Gasteiger partial charge in [-0.3, -0.25) is 15.1 Å². The van der Waals surface area contributed by atoms with Gasteiger partial charge in [-0.25, -0.2) is 4.39 Å². The molecule has 226 valence electrons. The average Bonchev–Trinajstić information content (AvgIpc) is 3.42. The molecular weight excluding hydrogens is 565 g/mol. The number of ether oxygens (including phenoxy) is 2. The van der Waals surface area contributed by atoms with Gasteiger partial charge in [-0.2, -0.15) is 5.26 Å². The summed E-state index contributed by atoms with van der Waals surface area (Å²) in [5.41, 5.74) is 5.44. The van der Waals surface area contributed by atoms with E-state index in [4.69, 9.17) is 9.47 Å². The van der Waals surface area contributed by atoms with E-state index in [1.165, 1.54) is 19.2 Å². The van der Waals surface area contributed by atoms with Gasteiger partial charge in [-0.15, -0.1) is 0 Å². The molecule has 10 heteroatoms. The van der Waals surface area contributed by atoms with Crippen LogP contribution in [0.25, 0.3) is 11.1 Å². The molecule has 0 radical (unpaired) electrons. The second-order valence-electron chi connectivity index (χ2n) is 10.8. The minimum atomic E-state index is -1.18. The Hall–Kier alpha value is -4.98. The maximum Gasteiger partial charge on any atom is 0.323 e. The zero-order valence-electron chi connectivity index (χ0n) is 24.3. The van der Waals surface area contributed by atoms with Gasteiger partial charge in [-0.1, -0.05) is 30.3 Å². The highest BCUT2D eigenvalue weighted by Gasteiger charge is 2.29. The van der Waals surface area contributed by atoms with Crippen molar-refractivity contribution in [3.63, 3.8) is 0 Å². The van der Waals surface area contributed by atoms with Crippen LogP contribution in [-0.2, 0) is 24.4 Å². The molecule has 9 nitrogen and oxygen atoms in total. The zero-order chi connectivity index (χ0) is 31.4. The molecule has 4 N–H and O–H groups in total. The molecule has 3 atom stereocenters. The molecule has 0 spiro atoms. The second kappa shape index (κ2) is 13.1. The van der Waals surface area contributed by atoms with Crippen LogP contribution < -0.4 is 14.8 Å². The molecule has 44 heavy (non-hydrogen) atoms. The molecule has 1 aliphatic rings. The summed E-state index contributed by atoms with van der Waals surface area (Å²) in [6, 6.07) is 16.4. The maximum absolute atomic E-state index is 14.8. The van der Waals surface area contributed by atoms with Gasteiger partial charge in [-0.05, 0) is 67.1 Å². The number of carboxylic acid groups (broad SMARTS) is 1. The van der Waals surface area contributed by atoms with Crippen LogP contribution in [0.1, 0.15) is 52.8 Å². The molecule has 0 amide bonds. The van der Waals surface area contributed by atoms with Gasteiger partial charge in [0.2, 0.25) is 0 Å². The fourth-order valence-electron chi connectivity index (χ4n) is 5.47. The summed E-state index contributed by atoms with van der Waals surface area (Å²) in [4.78, 5) is 15.7. The largest absolute Gasteiger partial charge is 0.505 e. The number of rotatable bonds is 11. The van der Waals surface area contributed by atoms with Crippen LogP contribution in [0.15, 0.2) is 67.0 Å². The van der Waals surface area contributed by atoms with Gasteiger partial charge >= 0.3 is 5.97 Å². The highest BCUT2D eigenvalue weighted by Crippen LogP contribution is 2.43. The van der Waals surface area contributed by atoms with Crippen LogP contribution in [-0.4, -0.2) is 38.4 Å². The maximum atomic E-state index is 14.8. The topological polar surface area (TPSA) is 145 Å². The van der Waals surface area contributed by atoms with Crippen molar-refractivity contribution in [2.45, 2.75) is 58.1 Å². The molecule has 0 aliphatic heterocycles. The SMILES string of the molecule is Cc1cc(CN[C@H](C(=O)O)C(C)O)c(OCc2cncc(C#N)c2)cc1O[C@H]1CCc2c(-c3cccc(O)c3F)cccc21. The number of aliphatic hydroxyl groups is 1. The quantitative estimate of drug-likeness (QED) is 0.180. The summed E-state index contributed by atoms with van der Waals surface area (Å²) in [5.74, 6) is -1.25. The number of aromatic nitrogens is 1. The third-order valence-electron chi connectivity index (χ3n) is 7.69. The van der Waals surface area contributed by atoms with Crippen molar-refractivity contribution in [1.82, 2.24) is 10.3 Å². The smallest absolute Gasteiger partial charge is 0.323 e.